The summed E-state index contributed by atoms with van der Waals surface area (Å²) in [6, 6.07) is 19.4. The number of thioether (sulfide) groups is 1. The maximum Gasteiger partial charge on any atom is 0.227 e. The van der Waals surface area contributed by atoms with Crippen molar-refractivity contribution in [3.63, 3.8) is 0 Å². The van der Waals surface area contributed by atoms with E-state index < -0.39 is 5.91 Å². The normalized spacial score (nSPS) is 10.4. The van der Waals surface area contributed by atoms with Gasteiger partial charge >= 0.3 is 0 Å². The van der Waals surface area contributed by atoms with Crippen molar-refractivity contribution in [1.82, 2.24) is 14.9 Å². The molecule has 6 nitrogen and oxygen atoms in total. The molecule has 1 amide bonds. The zero-order chi connectivity index (χ0) is 16.1. The second kappa shape index (κ2) is 6.97. The Morgan fingerprint density at radius 3 is 2.35 bits per heavy atom. The van der Waals surface area contributed by atoms with Gasteiger partial charge in [-0.25, -0.2) is 4.68 Å². The number of aromatic nitrogens is 3. The average Bonchev–Trinajstić information content (AvgIpc) is 2.97. The Hall–Kier alpha value is -2.80. The number of nitrogens with two attached hydrogens (primary N) is 1. The number of hydrogen-bond donors (Lipinski definition) is 2. The molecule has 3 N–H and O–H groups in total. The van der Waals surface area contributed by atoms with E-state index in [2.05, 4.69) is 15.6 Å². The van der Waals surface area contributed by atoms with Gasteiger partial charge in [0, 0.05) is 5.56 Å². The summed E-state index contributed by atoms with van der Waals surface area (Å²) >= 11 is 1.24. The highest BCUT2D eigenvalue weighted by molar-refractivity contribution is 7.99. The molecule has 1 aromatic heterocycles. The number of amides is 1. The molecule has 0 saturated heterocycles. The van der Waals surface area contributed by atoms with E-state index in [1.165, 1.54) is 11.8 Å². The van der Waals surface area contributed by atoms with Crippen molar-refractivity contribution in [2.45, 2.75) is 5.16 Å². The maximum atomic E-state index is 11.0. The van der Waals surface area contributed by atoms with Gasteiger partial charge in [-0.3, -0.25) is 10.2 Å². The van der Waals surface area contributed by atoms with Crippen LogP contribution in [-0.4, -0.2) is 26.5 Å². The van der Waals surface area contributed by atoms with Crippen molar-refractivity contribution in [2.24, 2.45) is 5.73 Å². The fourth-order valence-corrected chi connectivity index (χ4v) is 2.65. The number of primary amides is 1. The van der Waals surface area contributed by atoms with Gasteiger partial charge in [0.2, 0.25) is 11.1 Å². The van der Waals surface area contributed by atoms with Gasteiger partial charge in [0.05, 0.1) is 11.4 Å². The van der Waals surface area contributed by atoms with Gasteiger partial charge in [0.25, 0.3) is 0 Å². The molecule has 1 heterocycles. The van der Waals surface area contributed by atoms with Crippen LogP contribution in [0.4, 0.5) is 5.69 Å². The Morgan fingerprint density at radius 2 is 1.70 bits per heavy atom. The molecule has 0 aliphatic rings. The molecule has 3 rings (SSSR count). The molecule has 0 unspecified atom stereocenters. The molecule has 0 aliphatic carbocycles. The van der Waals surface area contributed by atoms with E-state index in [9.17, 15) is 4.79 Å². The van der Waals surface area contributed by atoms with E-state index in [-0.39, 0.29) is 5.75 Å². The summed E-state index contributed by atoms with van der Waals surface area (Å²) in [7, 11) is 0. The minimum Gasteiger partial charge on any atom is -0.369 e. The third-order valence-corrected chi connectivity index (χ3v) is 3.97. The molecule has 23 heavy (non-hydrogen) atoms. The van der Waals surface area contributed by atoms with Gasteiger partial charge in [0.1, 0.15) is 0 Å². The highest BCUT2D eigenvalue weighted by Gasteiger charge is 2.15. The van der Waals surface area contributed by atoms with Crippen molar-refractivity contribution in [3.8, 4) is 11.4 Å². The quantitative estimate of drug-likeness (QED) is 0.680. The number of anilines is 1. The van der Waals surface area contributed by atoms with Crippen LogP contribution >= 0.6 is 11.8 Å². The first-order chi connectivity index (χ1) is 11.2. The summed E-state index contributed by atoms with van der Waals surface area (Å²) in [4.78, 5) is 11.0. The van der Waals surface area contributed by atoms with Crippen molar-refractivity contribution in [2.75, 3.05) is 11.2 Å². The summed E-state index contributed by atoms with van der Waals surface area (Å²) in [6.45, 7) is 0. The summed E-state index contributed by atoms with van der Waals surface area (Å²) in [5.41, 5.74) is 10.3. The number of rotatable bonds is 6. The van der Waals surface area contributed by atoms with E-state index in [0.29, 0.717) is 11.0 Å². The molecule has 7 heteroatoms. The summed E-state index contributed by atoms with van der Waals surface area (Å²) < 4.78 is 1.76. The number of para-hydroxylation sites is 1. The molecule has 116 valence electrons. The van der Waals surface area contributed by atoms with Gasteiger partial charge in [0.15, 0.2) is 5.82 Å². The maximum absolute atomic E-state index is 11.0. The highest BCUT2D eigenvalue weighted by Crippen LogP contribution is 2.24. The topological polar surface area (TPSA) is 85.8 Å². The van der Waals surface area contributed by atoms with E-state index >= 15 is 0 Å². The average molecular weight is 325 g/mol. The minimum atomic E-state index is -0.398. The second-order valence-electron chi connectivity index (χ2n) is 4.74. The van der Waals surface area contributed by atoms with E-state index in [1.54, 1.807) is 4.68 Å². The Balaban J connectivity index is 1.97. The molecule has 3 aromatic rings. The zero-order valence-corrected chi connectivity index (χ0v) is 13.0. The molecular formula is C16H15N5OS. The van der Waals surface area contributed by atoms with E-state index in [4.69, 9.17) is 5.73 Å². The largest absolute Gasteiger partial charge is 0.369 e. The lowest BCUT2D eigenvalue weighted by molar-refractivity contribution is -0.115. The first-order valence-electron chi connectivity index (χ1n) is 6.98. The highest BCUT2D eigenvalue weighted by atomic mass is 32.2. The lowest BCUT2D eigenvalue weighted by atomic mass is 10.2. The molecule has 0 saturated carbocycles. The number of benzene rings is 2. The number of nitrogens with one attached hydrogen (secondary N) is 1. The van der Waals surface area contributed by atoms with Gasteiger partial charge < -0.3 is 5.73 Å². The molecule has 0 fully saturated rings. The van der Waals surface area contributed by atoms with Crippen LogP contribution in [0, 0.1) is 0 Å². The van der Waals surface area contributed by atoms with Crippen molar-refractivity contribution < 1.29 is 4.79 Å². The third-order valence-electron chi connectivity index (χ3n) is 3.02. The first-order valence-corrected chi connectivity index (χ1v) is 7.96. The lowest BCUT2D eigenvalue weighted by Gasteiger charge is -2.12. The predicted octanol–water partition coefficient (Wildman–Crippen LogP) is 2.40. The molecular weight excluding hydrogens is 310 g/mol. The number of carbonyl (C=O) groups is 1. The SMILES string of the molecule is NC(=O)CSc1nnc(-c2ccccc2)n1Nc1ccccc1. The Morgan fingerprint density at radius 1 is 1.04 bits per heavy atom. The molecule has 0 radical (unpaired) electrons. The molecule has 0 aliphatic heterocycles. The Bertz CT molecular complexity index is 789. The number of hydrogen-bond acceptors (Lipinski definition) is 5. The van der Waals surface area contributed by atoms with E-state index in [1.807, 2.05) is 60.7 Å². The minimum absolute atomic E-state index is 0.142. The van der Waals surface area contributed by atoms with Crippen molar-refractivity contribution in [1.29, 1.82) is 0 Å². The molecule has 0 spiro atoms. The van der Waals surface area contributed by atoms with Crippen LogP contribution in [0.1, 0.15) is 0 Å². The smallest absolute Gasteiger partial charge is 0.227 e. The molecule has 0 bridgehead atoms. The number of carbonyl (C=O) groups excluding carboxylic acids is 1. The van der Waals surface area contributed by atoms with Crippen LogP contribution in [-0.2, 0) is 4.79 Å². The number of nitrogens with zero attached hydrogens (tertiary/aromatic N) is 3. The van der Waals surface area contributed by atoms with E-state index in [0.717, 1.165) is 11.3 Å². The van der Waals surface area contributed by atoms with Gasteiger partial charge in [-0.2, -0.15) is 0 Å². The molecule has 0 atom stereocenters. The standard InChI is InChI=1S/C16H15N5OS/c17-14(22)11-23-16-19-18-15(12-7-3-1-4-8-12)21(16)20-13-9-5-2-6-10-13/h1-10,20H,11H2,(H2,17,22). The van der Waals surface area contributed by atoms with Crippen LogP contribution in [0.5, 0.6) is 0 Å². The first kappa shape index (κ1) is 15.1. The summed E-state index contributed by atoms with van der Waals surface area (Å²) in [5, 5.41) is 8.98. The van der Waals surface area contributed by atoms with Gasteiger partial charge in [-0.1, -0.05) is 60.3 Å². The fraction of sp³-hybridized carbons (Fsp3) is 0.0625. The Kier molecular flexibility index (Phi) is 4.58. The van der Waals surface area contributed by atoms with Crippen LogP contribution in [0.3, 0.4) is 0 Å². The van der Waals surface area contributed by atoms with Gasteiger partial charge in [-0.15, -0.1) is 10.2 Å². The Labute approximate surface area is 137 Å². The summed E-state index contributed by atoms with van der Waals surface area (Å²) in [5.74, 6) is 0.413. The van der Waals surface area contributed by atoms with Crippen LogP contribution in [0.25, 0.3) is 11.4 Å². The predicted molar refractivity (Wildman–Crippen MR) is 90.8 cm³/mol. The van der Waals surface area contributed by atoms with Crippen LogP contribution < -0.4 is 11.2 Å². The second-order valence-corrected chi connectivity index (χ2v) is 5.68. The summed E-state index contributed by atoms with van der Waals surface area (Å²) in [6.07, 6.45) is 0. The lowest BCUT2D eigenvalue weighted by Crippen LogP contribution is -2.16. The van der Waals surface area contributed by atoms with Crippen LogP contribution in [0.15, 0.2) is 65.8 Å². The van der Waals surface area contributed by atoms with Crippen molar-refractivity contribution in [3.05, 3.63) is 60.7 Å². The van der Waals surface area contributed by atoms with Crippen molar-refractivity contribution >= 4 is 23.4 Å². The van der Waals surface area contributed by atoms with Gasteiger partial charge in [-0.05, 0) is 12.1 Å². The third kappa shape index (κ3) is 3.70. The van der Waals surface area contributed by atoms with Crippen LogP contribution in [0.2, 0.25) is 0 Å². The monoisotopic (exact) mass is 325 g/mol. The zero-order valence-electron chi connectivity index (χ0n) is 12.2. The molecule has 2 aromatic carbocycles. The fourth-order valence-electron chi connectivity index (χ4n) is 2.02.